The number of hydrogen-bond acceptors (Lipinski definition) is 3. The van der Waals surface area contributed by atoms with Crippen molar-refractivity contribution in [2.75, 3.05) is 32.8 Å². The quantitative estimate of drug-likeness (QED) is 0.764. The van der Waals surface area contributed by atoms with Crippen LogP contribution >= 0.6 is 0 Å². The van der Waals surface area contributed by atoms with E-state index in [2.05, 4.69) is 23.6 Å². The molecule has 18 heavy (non-hydrogen) atoms. The Bertz CT molecular complexity index is 284. The molecule has 0 bridgehead atoms. The highest BCUT2D eigenvalue weighted by Crippen LogP contribution is 2.29. The van der Waals surface area contributed by atoms with Crippen LogP contribution in [0.3, 0.4) is 0 Å². The molecule has 104 valence electrons. The van der Waals surface area contributed by atoms with Gasteiger partial charge in [-0.3, -0.25) is 9.80 Å². The van der Waals surface area contributed by atoms with Gasteiger partial charge in [0.2, 0.25) is 0 Å². The minimum atomic E-state index is 0.476. The molecule has 0 aromatic heterocycles. The van der Waals surface area contributed by atoms with E-state index in [1.54, 1.807) is 0 Å². The van der Waals surface area contributed by atoms with Gasteiger partial charge >= 0.3 is 0 Å². The molecule has 3 aliphatic heterocycles. The van der Waals surface area contributed by atoms with E-state index in [0.29, 0.717) is 6.10 Å². The Kier molecular flexibility index (Phi) is 3.92. The number of fused-ring (bicyclic) bond motifs is 1. The number of hydrogen-bond donors (Lipinski definition) is 0. The van der Waals surface area contributed by atoms with Crippen LogP contribution in [0.4, 0.5) is 0 Å². The fraction of sp³-hybridized carbons (Fsp3) is 1.00. The third-order valence-electron chi connectivity index (χ3n) is 5.38. The molecule has 0 aliphatic carbocycles. The van der Waals surface area contributed by atoms with E-state index < -0.39 is 0 Å². The minimum absolute atomic E-state index is 0.476. The molecule has 0 spiro atoms. The third-order valence-corrected chi connectivity index (χ3v) is 5.38. The molecule has 3 fully saturated rings. The molecule has 3 rings (SSSR count). The summed E-state index contributed by atoms with van der Waals surface area (Å²) in [6.45, 7) is 10.8. The standard InChI is InChI=1S/C15H28N2O/c1-3-14-10-16-7-4-5-15(16)11-17(14)9-13-6-8-18-12(13)2/h12-15H,3-11H2,1-2H3. The Labute approximate surface area is 111 Å². The monoisotopic (exact) mass is 252 g/mol. The lowest BCUT2D eigenvalue weighted by Gasteiger charge is -2.44. The highest BCUT2D eigenvalue weighted by molar-refractivity contribution is 4.93. The van der Waals surface area contributed by atoms with Crippen molar-refractivity contribution in [1.29, 1.82) is 0 Å². The Morgan fingerprint density at radius 1 is 1.22 bits per heavy atom. The topological polar surface area (TPSA) is 15.7 Å². The zero-order valence-electron chi connectivity index (χ0n) is 12.0. The third kappa shape index (κ3) is 2.45. The summed E-state index contributed by atoms with van der Waals surface area (Å²) in [7, 11) is 0. The molecular formula is C15H28N2O. The van der Waals surface area contributed by atoms with Crippen LogP contribution < -0.4 is 0 Å². The Morgan fingerprint density at radius 3 is 2.83 bits per heavy atom. The van der Waals surface area contributed by atoms with Crippen LogP contribution in [0.25, 0.3) is 0 Å². The van der Waals surface area contributed by atoms with Crippen molar-refractivity contribution >= 4 is 0 Å². The predicted molar refractivity (Wildman–Crippen MR) is 73.8 cm³/mol. The molecule has 0 N–H and O–H groups in total. The van der Waals surface area contributed by atoms with Crippen molar-refractivity contribution < 1.29 is 4.74 Å². The van der Waals surface area contributed by atoms with Crippen molar-refractivity contribution in [3.8, 4) is 0 Å². The summed E-state index contributed by atoms with van der Waals surface area (Å²) in [5.41, 5.74) is 0. The number of piperazine rings is 1. The average Bonchev–Trinajstić information content (AvgIpc) is 2.98. The van der Waals surface area contributed by atoms with Crippen LogP contribution in [0.15, 0.2) is 0 Å². The maximum absolute atomic E-state index is 5.73. The lowest BCUT2D eigenvalue weighted by Crippen LogP contribution is -2.57. The molecule has 0 amide bonds. The highest BCUT2D eigenvalue weighted by Gasteiger charge is 2.37. The van der Waals surface area contributed by atoms with E-state index >= 15 is 0 Å². The normalized spacial score (nSPS) is 42.3. The molecule has 3 heteroatoms. The van der Waals surface area contributed by atoms with Crippen LogP contribution in [0, 0.1) is 5.92 Å². The van der Waals surface area contributed by atoms with Gasteiger partial charge in [0.05, 0.1) is 6.10 Å². The predicted octanol–water partition coefficient (Wildman–Crippen LogP) is 1.97. The maximum Gasteiger partial charge on any atom is 0.0588 e. The molecule has 3 saturated heterocycles. The molecule has 0 radical (unpaired) electrons. The van der Waals surface area contributed by atoms with Gasteiger partial charge in [-0.05, 0) is 45.1 Å². The van der Waals surface area contributed by atoms with Crippen LogP contribution in [-0.2, 0) is 4.74 Å². The first-order valence-electron chi connectivity index (χ1n) is 7.87. The molecule has 3 nitrogen and oxygen atoms in total. The molecule has 4 unspecified atom stereocenters. The fourth-order valence-electron chi connectivity index (χ4n) is 4.08. The summed E-state index contributed by atoms with van der Waals surface area (Å²) < 4.78 is 5.73. The Balaban J connectivity index is 1.62. The van der Waals surface area contributed by atoms with Gasteiger partial charge in [0.15, 0.2) is 0 Å². The zero-order chi connectivity index (χ0) is 12.5. The summed E-state index contributed by atoms with van der Waals surface area (Å²) >= 11 is 0. The largest absolute Gasteiger partial charge is 0.378 e. The summed E-state index contributed by atoms with van der Waals surface area (Å²) in [4.78, 5) is 5.52. The smallest absolute Gasteiger partial charge is 0.0588 e. The van der Waals surface area contributed by atoms with Crippen molar-refractivity contribution in [3.63, 3.8) is 0 Å². The first-order chi connectivity index (χ1) is 8.78. The molecule has 0 aromatic rings. The molecule has 0 aromatic carbocycles. The van der Waals surface area contributed by atoms with Gasteiger partial charge in [0.1, 0.15) is 0 Å². The van der Waals surface area contributed by atoms with Gasteiger partial charge in [-0.1, -0.05) is 6.92 Å². The van der Waals surface area contributed by atoms with Crippen LogP contribution in [0.2, 0.25) is 0 Å². The van der Waals surface area contributed by atoms with Crippen LogP contribution in [0.5, 0.6) is 0 Å². The number of ether oxygens (including phenoxy) is 1. The summed E-state index contributed by atoms with van der Waals surface area (Å²) in [6.07, 6.45) is 5.87. The van der Waals surface area contributed by atoms with Crippen LogP contribution in [0.1, 0.15) is 39.5 Å². The summed E-state index contributed by atoms with van der Waals surface area (Å²) in [5.74, 6) is 0.770. The lowest BCUT2D eigenvalue weighted by molar-refractivity contribution is 0.0255. The van der Waals surface area contributed by atoms with Gasteiger partial charge in [-0.15, -0.1) is 0 Å². The fourth-order valence-corrected chi connectivity index (χ4v) is 4.08. The molecule has 3 aliphatic rings. The second kappa shape index (κ2) is 5.48. The van der Waals surface area contributed by atoms with E-state index in [1.165, 1.54) is 51.9 Å². The van der Waals surface area contributed by atoms with E-state index in [-0.39, 0.29) is 0 Å². The first kappa shape index (κ1) is 12.9. The van der Waals surface area contributed by atoms with E-state index in [0.717, 1.165) is 24.6 Å². The van der Waals surface area contributed by atoms with Gasteiger partial charge < -0.3 is 4.74 Å². The van der Waals surface area contributed by atoms with Gasteiger partial charge in [-0.25, -0.2) is 0 Å². The summed E-state index contributed by atoms with van der Waals surface area (Å²) in [5, 5.41) is 0. The second-order valence-corrected chi connectivity index (χ2v) is 6.43. The number of nitrogens with zero attached hydrogens (tertiary/aromatic N) is 2. The second-order valence-electron chi connectivity index (χ2n) is 6.43. The average molecular weight is 252 g/mol. The molecular weight excluding hydrogens is 224 g/mol. The summed E-state index contributed by atoms with van der Waals surface area (Å²) in [6, 6.07) is 1.64. The zero-order valence-corrected chi connectivity index (χ0v) is 12.0. The van der Waals surface area contributed by atoms with E-state index in [9.17, 15) is 0 Å². The Morgan fingerprint density at radius 2 is 2.11 bits per heavy atom. The van der Waals surface area contributed by atoms with E-state index in [4.69, 9.17) is 4.74 Å². The minimum Gasteiger partial charge on any atom is -0.378 e. The maximum atomic E-state index is 5.73. The molecule has 4 atom stereocenters. The molecule has 3 heterocycles. The van der Waals surface area contributed by atoms with Gasteiger partial charge in [0.25, 0.3) is 0 Å². The van der Waals surface area contributed by atoms with Crippen molar-refractivity contribution in [2.45, 2.75) is 57.7 Å². The molecule has 0 saturated carbocycles. The first-order valence-corrected chi connectivity index (χ1v) is 7.87. The lowest BCUT2D eigenvalue weighted by atomic mass is 9.98. The van der Waals surface area contributed by atoms with Crippen molar-refractivity contribution in [3.05, 3.63) is 0 Å². The van der Waals surface area contributed by atoms with Gasteiger partial charge in [0, 0.05) is 38.3 Å². The van der Waals surface area contributed by atoms with Crippen molar-refractivity contribution in [2.24, 2.45) is 5.92 Å². The SMILES string of the molecule is CCC1CN2CCCC2CN1CC1CCOC1C. The Hall–Kier alpha value is -0.120. The van der Waals surface area contributed by atoms with Crippen LogP contribution in [-0.4, -0.2) is 60.8 Å². The number of rotatable bonds is 3. The van der Waals surface area contributed by atoms with E-state index in [1.807, 2.05) is 0 Å². The van der Waals surface area contributed by atoms with Gasteiger partial charge in [-0.2, -0.15) is 0 Å². The van der Waals surface area contributed by atoms with Crippen molar-refractivity contribution in [1.82, 2.24) is 9.80 Å². The highest BCUT2D eigenvalue weighted by atomic mass is 16.5.